The number of nitrogens with one attached hydrogen (secondary N) is 1. The fourth-order valence-corrected chi connectivity index (χ4v) is 2.06. The van der Waals surface area contributed by atoms with Gasteiger partial charge in [-0.05, 0) is 42.7 Å². The SMILES string of the molecule is CCOc1ccccc1NC(=O)/C=C/c1ccc(CC)cc1. The monoisotopic (exact) mass is 295 g/mol. The lowest BCUT2D eigenvalue weighted by Crippen LogP contribution is -2.09. The highest BCUT2D eigenvalue weighted by atomic mass is 16.5. The van der Waals surface area contributed by atoms with Gasteiger partial charge in [0, 0.05) is 6.08 Å². The molecule has 0 bridgehead atoms. The molecule has 22 heavy (non-hydrogen) atoms. The molecule has 1 N–H and O–H groups in total. The highest BCUT2D eigenvalue weighted by Gasteiger charge is 2.04. The number of para-hydroxylation sites is 2. The Morgan fingerprint density at radius 3 is 2.50 bits per heavy atom. The van der Waals surface area contributed by atoms with Gasteiger partial charge in [-0.25, -0.2) is 0 Å². The van der Waals surface area contributed by atoms with Gasteiger partial charge in [0.25, 0.3) is 0 Å². The van der Waals surface area contributed by atoms with Crippen molar-refractivity contribution in [3.8, 4) is 5.75 Å². The molecule has 0 spiro atoms. The van der Waals surface area contributed by atoms with E-state index in [1.54, 1.807) is 6.08 Å². The van der Waals surface area contributed by atoms with E-state index in [2.05, 4.69) is 24.4 Å². The fourth-order valence-electron chi connectivity index (χ4n) is 2.06. The molecule has 0 radical (unpaired) electrons. The number of hydrogen-bond donors (Lipinski definition) is 1. The predicted molar refractivity (Wildman–Crippen MR) is 91.1 cm³/mol. The van der Waals surface area contributed by atoms with Gasteiger partial charge in [-0.2, -0.15) is 0 Å². The number of aryl methyl sites for hydroxylation is 1. The largest absolute Gasteiger partial charge is 0.492 e. The van der Waals surface area contributed by atoms with Crippen LogP contribution in [0.2, 0.25) is 0 Å². The second-order valence-corrected chi connectivity index (χ2v) is 4.85. The van der Waals surface area contributed by atoms with Crippen molar-refractivity contribution in [1.29, 1.82) is 0 Å². The summed E-state index contributed by atoms with van der Waals surface area (Å²) in [5, 5.41) is 2.84. The maximum atomic E-state index is 12.0. The van der Waals surface area contributed by atoms with Crippen molar-refractivity contribution in [2.45, 2.75) is 20.3 Å². The maximum Gasteiger partial charge on any atom is 0.248 e. The first-order chi connectivity index (χ1) is 10.7. The summed E-state index contributed by atoms with van der Waals surface area (Å²) in [4.78, 5) is 12.0. The number of benzene rings is 2. The minimum absolute atomic E-state index is 0.174. The van der Waals surface area contributed by atoms with Gasteiger partial charge < -0.3 is 10.1 Å². The summed E-state index contributed by atoms with van der Waals surface area (Å²) >= 11 is 0. The van der Waals surface area contributed by atoms with E-state index >= 15 is 0 Å². The number of anilines is 1. The average Bonchev–Trinajstić information content (AvgIpc) is 2.55. The number of rotatable bonds is 6. The summed E-state index contributed by atoms with van der Waals surface area (Å²) in [7, 11) is 0. The molecule has 0 aliphatic carbocycles. The Bertz CT molecular complexity index is 645. The summed E-state index contributed by atoms with van der Waals surface area (Å²) in [5.41, 5.74) is 2.97. The van der Waals surface area contributed by atoms with Crippen LogP contribution in [0.4, 0.5) is 5.69 Å². The highest BCUT2D eigenvalue weighted by molar-refractivity contribution is 6.02. The zero-order chi connectivity index (χ0) is 15.8. The van der Waals surface area contributed by atoms with Crippen LogP contribution in [-0.2, 0) is 11.2 Å². The van der Waals surface area contributed by atoms with Crippen molar-refractivity contribution in [3.05, 3.63) is 65.7 Å². The van der Waals surface area contributed by atoms with Crippen LogP contribution in [0.3, 0.4) is 0 Å². The Kier molecular flexibility index (Phi) is 5.78. The van der Waals surface area contributed by atoms with Crippen LogP contribution in [-0.4, -0.2) is 12.5 Å². The van der Waals surface area contributed by atoms with Gasteiger partial charge in [0.2, 0.25) is 5.91 Å². The molecule has 2 aromatic rings. The molecule has 0 atom stereocenters. The molecule has 0 fully saturated rings. The van der Waals surface area contributed by atoms with E-state index in [4.69, 9.17) is 4.74 Å². The van der Waals surface area contributed by atoms with Gasteiger partial charge >= 0.3 is 0 Å². The minimum atomic E-state index is -0.174. The van der Waals surface area contributed by atoms with Crippen LogP contribution in [0.5, 0.6) is 5.75 Å². The molecule has 114 valence electrons. The Hall–Kier alpha value is -2.55. The summed E-state index contributed by atoms with van der Waals surface area (Å²) in [6, 6.07) is 15.6. The molecule has 3 nitrogen and oxygen atoms in total. The Labute approximate surface area is 131 Å². The lowest BCUT2D eigenvalue weighted by molar-refractivity contribution is -0.111. The zero-order valence-electron chi connectivity index (χ0n) is 13.0. The van der Waals surface area contributed by atoms with Gasteiger partial charge in [-0.3, -0.25) is 4.79 Å². The second-order valence-electron chi connectivity index (χ2n) is 4.85. The number of hydrogen-bond acceptors (Lipinski definition) is 2. The predicted octanol–water partition coefficient (Wildman–Crippen LogP) is 4.30. The third kappa shape index (κ3) is 4.48. The molecular weight excluding hydrogens is 274 g/mol. The number of carbonyl (C=O) groups is 1. The van der Waals surface area contributed by atoms with Crippen LogP contribution in [0.25, 0.3) is 6.08 Å². The summed E-state index contributed by atoms with van der Waals surface area (Å²) < 4.78 is 5.49. The van der Waals surface area contributed by atoms with Gasteiger partial charge in [0.15, 0.2) is 0 Å². The third-order valence-electron chi connectivity index (χ3n) is 3.26. The average molecular weight is 295 g/mol. The Balaban J connectivity index is 2.01. The van der Waals surface area contributed by atoms with Crippen molar-refractivity contribution < 1.29 is 9.53 Å². The number of ether oxygens (including phenoxy) is 1. The van der Waals surface area contributed by atoms with E-state index in [1.165, 1.54) is 11.6 Å². The Morgan fingerprint density at radius 2 is 1.82 bits per heavy atom. The fraction of sp³-hybridized carbons (Fsp3) is 0.211. The molecular formula is C19H21NO2. The second kappa shape index (κ2) is 8.03. The van der Waals surface area contributed by atoms with E-state index < -0.39 is 0 Å². The highest BCUT2D eigenvalue weighted by Crippen LogP contribution is 2.23. The van der Waals surface area contributed by atoms with E-state index in [9.17, 15) is 4.79 Å². The molecule has 0 saturated heterocycles. The molecule has 0 aliphatic heterocycles. The maximum absolute atomic E-state index is 12.0. The third-order valence-corrected chi connectivity index (χ3v) is 3.26. The molecule has 0 heterocycles. The summed E-state index contributed by atoms with van der Waals surface area (Å²) in [6.07, 6.45) is 4.35. The molecule has 0 aromatic heterocycles. The quantitative estimate of drug-likeness (QED) is 0.807. The molecule has 2 aromatic carbocycles. The standard InChI is InChI=1S/C19H21NO2/c1-3-15-9-11-16(12-10-15)13-14-19(21)20-17-7-5-6-8-18(17)22-4-2/h5-14H,3-4H2,1-2H3,(H,20,21)/b14-13+. The van der Waals surface area contributed by atoms with Crippen LogP contribution >= 0.6 is 0 Å². The molecule has 0 saturated carbocycles. The lowest BCUT2D eigenvalue weighted by Gasteiger charge is -2.09. The summed E-state index contributed by atoms with van der Waals surface area (Å²) in [6.45, 7) is 4.60. The number of carbonyl (C=O) groups excluding carboxylic acids is 1. The van der Waals surface area contributed by atoms with Gasteiger partial charge in [0.1, 0.15) is 5.75 Å². The van der Waals surface area contributed by atoms with Crippen molar-refractivity contribution in [2.75, 3.05) is 11.9 Å². The molecule has 1 amide bonds. The normalized spacial score (nSPS) is 10.6. The lowest BCUT2D eigenvalue weighted by atomic mass is 10.1. The van der Waals surface area contributed by atoms with Gasteiger partial charge in [-0.15, -0.1) is 0 Å². The first-order valence-electron chi connectivity index (χ1n) is 7.52. The van der Waals surface area contributed by atoms with E-state index in [-0.39, 0.29) is 5.91 Å². The van der Waals surface area contributed by atoms with Crippen molar-refractivity contribution in [3.63, 3.8) is 0 Å². The van der Waals surface area contributed by atoms with E-state index in [1.807, 2.05) is 43.3 Å². The van der Waals surface area contributed by atoms with Gasteiger partial charge in [-0.1, -0.05) is 43.3 Å². The first-order valence-corrected chi connectivity index (χ1v) is 7.52. The topological polar surface area (TPSA) is 38.3 Å². The summed E-state index contributed by atoms with van der Waals surface area (Å²) in [5.74, 6) is 0.505. The van der Waals surface area contributed by atoms with Crippen molar-refractivity contribution >= 4 is 17.7 Å². The van der Waals surface area contributed by atoms with Crippen LogP contribution < -0.4 is 10.1 Å². The van der Waals surface area contributed by atoms with Crippen LogP contribution in [0.15, 0.2) is 54.6 Å². The van der Waals surface area contributed by atoms with Gasteiger partial charge in [0.05, 0.1) is 12.3 Å². The zero-order valence-corrected chi connectivity index (χ0v) is 13.0. The first kappa shape index (κ1) is 15.8. The van der Waals surface area contributed by atoms with Crippen molar-refractivity contribution in [2.24, 2.45) is 0 Å². The van der Waals surface area contributed by atoms with Crippen molar-refractivity contribution in [1.82, 2.24) is 0 Å². The molecule has 3 heteroatoms. The molecule has 0 unspecified atom stereocenters. The molecule has 2 rings (SSSR count). The minimum Gasteiger partial charge on any atom is -0.492 e. The molecule has 0 aliphatic rings. The smallest absolute Gasteiger partial charge is 0.248 e. The van der Waals surface area contributed by atoms with Crippen LogP contribution in [0.1, 0.15) is 25.0 Å². The Morgan fingerprint density at radius 1 is 1.09 bits per heavy atom. The van der Waals surface area contributed by atoms with E-state index in [0.29, 0.717) is 18.0 Å². The van der Waals surface area contributed by atoms with E-state index in [0.717, 1.165) is 12.0 Å². The van der Waals surface area contributed by atoms with Crippen LogP contribution in [0, 0.1) is 0 Å². The number of amides is 1.